The van der Waals surface area contributed by atoms with Crippen molar-refractivity contribution in [3.8, 4) is 23.1 Å². The molecule has 0 fully saturated rings. The van der Waals surface area contributed by atoms with Crippen molar-refractivity contribution < 1.29 is 83.3 Å². The van der Waals surface area contributed by atoms with Gasteiger partial charge in [-0.05, 0) is 53.9 Å². The van der Waals surface area contributed by atoms with Crippen LogP contribution >= 0.6 is 0 Å². The molecule has 1 atom stereocenters. The van der Waals surface area contributed by atoms with Crippen LogP contribution in [0, 0.1) is 12.7 Å². The van der Waals surface area contributed by atoms with Crippen LogP contribution in [-0.4, -0.2) is 47.1 Å². The lowest BCUT2D eigenvalue weighted by molar-refractivity contribution is -0.140. The molecule has 0 saturated carbocycles. The summed E-state index contributed by atoms with van der Waals surface area (Å²) in [6.45, 7) is -0.333. The van der Waals surface area contributed by atoms with Gasteiger partial charge in [0.2, 0.25) is 5.88 Å². The summed E-state index contributed by atoms with van der Waals surface area (Å²) in [5.74, 6) is -3.71. The molecule has 57 heavy (non-hydrogen) atoms. The van der Waals surface area contributed by atoms with Crippen molar-refractivity contribution in [2.75, 3.05) is 19.1 Å². The smallest absolute Gasteiger partial charge is 0.497 e. The van der Waals surface area contributed by atoms with Crippen LogP contribution in [0.3, 0.4) is 0 Å². The Hall–Kier alpha value is -5.03. The Labute approximate surface area is 317 Å². The Morgan fingerprint density at radius 1 is 0.772 bits per heavy atom. The zero-order chi connectivity index (χ0) is 42.3. The summed E-state index contributed by atoms with van der Waals surface area (Å²) in [5, 5.41) is 0. The maximum atomic E-state index is 17.0. The summed E-state index contributed by atoms with van der Waals surface area (Å²) in [6.07, 6.45) is -8.44. The fourth-order valence-corrected chi connectivity index (χ4v) is 6.67. The molecule has 310 valence electrons. The quantitative estimate of drug-likeness (QED) is 0.0780. The minimum atomic E-state index is -6.59. The number of methoxy groups -OCH3 is 2. The number of pyridine rings is 1. The number of halogens is 10. The first-order chi connectivity index (χ1) is 26.3. The number of hydrogen-bond donors (Lipinski definition) is 0. The number of ether oxygens (including phenoxy) is 3. The van der Waals surface area contributed by atoms with Crippen LogP contribution in [0.2, 0.25) is 0 Å². The maximum absolute atomic E-state index is 17.0. The number of fused-ring (bicyclic) bond motifs is 1. The van der Waals surface area contributed by atoms with Crippen LogP contribution in [0.1, 0.15) is 45.2 Å². The van der Waals surface area contributed by atoms with Crippen LogP contribution in [0.25, 0.3) is 0 Å². The number of anilines is 1. The van der Waals surface area contributed by atoms with Crippen LogP contribution < -0.4 is 22.7 Å². The van der Waals surface area contributed by atoms with Gasteiger partial charge in [-0.3, -0.25) is 0 Å². The van der Waals surface area contributed by atoms with Gasteiger partial charge in [-0.15, -0.1) is 0 Å². The topological polar surface area (TPSA) is 131 Å². The Morgan fingerprint density at radius 3 is 1.72 bits per heavy atom. The molecule has 5 rings (SSSR count). The standard InChI is InChI=1S/C34H28F10N2O9S2/c1-18-12-25(46(15-19-4-8-21(51-2)9-5-19)16-20-6-10-22(52-3)11-7-20)31(35)29(30(18)32(36,37)38)27-13-24-23(17-53-27)26(54-56(47,48)33(39,40)41)14-28(45-24)55-57(49,50)34(42,43)44/h4-12,14,27H,13,15-17H2,1-3H3. The molecule has 0 bridgehead atoms. The lowest BCUT2D eigenvalue weighted by atomic mass is 9.90. The fourth-order valence-electron chi connectivity index (χ4n) is 5.78. The van der Waals surface area contributed by atoms with E-state index in [1.165, 1.54) is 19.1 Å². The molecule has 23 heteroatoms. The highest BCUT2D eigenvalue weighted by Gasteiger charge is 2.51. The number of rotatable bonds is 12. The van der Waals surface area contributed by atoms with E-state index in [0.717, 1.165) is 13.0 Å². The molecule has 0 N–H and O–H groups in total. The van der Waals surface area contributed by atoms with Crippen LogP contribution in [0.15, 0.2) is 60.7 Å². The Balaban J connectivity index is 1.67. The maximum Gasteiger partial charge on any atom is 0.534 e. The number of benzene rings is 3. The van der Waals surface area contributed by atoms with E-state index >= 15 is 4.39 Å². The number of alkyl halides is 9. The monoisotopic (exact) mass is 862 g/mol. The zero-order valence-corrected chi connectivity index (χ0v) is 31.0. The average molecular weight is 863 g/mol. The van der Waals surface area contributed by atoms with E-state index in [4.69, 9.17) is 14.2 Å². The molecule has 0 amide bonds. The lowest BCUT2D eigenvalue weighted by Crippen LogP contribution is -2.31. The van der Waals surface area contributed by atoms with E-state index < -0.39 is 108 Å². The third-order valence-electron chi connectivity index (χ3n) is 8.40. The van der Waals surface area contributed by atoms with E-state index in [2.05, 4.69) is 13.4 Å². The van der Waals surface area contributed by atoms with Gasteiger partial charge >= 0.3 is 37.4 Å². The SMILES string of the molecule is COc1ccc(CN(Cc2ccc(OC)cc2)c2cc(C)c(C(F)(F)F)c(C3Cc4nc(OS(=O)(=O)C(F)(F)F)cc(OS(=O)(=O)C(F)(F)F)c4CO3)c2F)cc1. The van der Waals surface area contributed by atoms with Crippen molar-refractivity contribution in [1.82, 2.24) is 4.98 Å². The van der Waals surface area contributed by atoms with Crippen molar-refractivity contribution in [2.45, 2.75) is 56.3 Å². The average Bonchev–Trinajstić information content (AvgIpc) is 3.10. The van der Waals surface area contributed by atoms with E-state index in [9.17, 15) is 56.3 Å². The summed E-state index contributed by atoms with van der Waals surface area (Å²) in [4.78, 5) is 4.91. The number of nitrogens with zero attached hydrogens (tertiary/aromatic N) is 2. The first-order valence-corrected chi connectivity index (χ1v) is 18.7. The van der Waals surface area contributed by atoms with E-state index in [0.29, 0.717) is 22.6 Å². The number of aryl methyl sites for hydroxylation is 1. The van der Waals surface area contributed by atoms with Crippen LogP contribution in [0.4, 0.5) is 49.6 Å². The van der Waals surface area contributed by atoms with Gasteiger partial charge in [0.25, 0.3) is 0 Å². The second kappa shape index (κ2) is 15.7. The molecule has 0 spiro atoms. The van der Waals surface area contributed by atoms with Gasteiger partial charge in [0.05, 0.1) is 43.9 Å². The van der Waals surface area contributed by atoms with Crippen LogP contribution in [-0.2, 0) is 57.3 Å². The molecule has 1 aliphatic rings. The third-order valence-corrected chi connectivity index (χ3v) is 10.3. The highest BCUT2D eigenvalue weighted by atomic mass is 32.2. The molecular formula is C34H28F10N2O9S2. The second-order valence-corrected chi connectivity index (χ2v) is 15.3. The van der Waals surface area contributed by atoms with Crippen molar-refractivity contribution in [3.05, 3.63) is 106 Å². The molecule has 11 nitrogen and oxygen atoms in total. The largest absolute Gasteiger partial charge is 0.534 e. The molecule has 1 unspecified atom stereocenters. The van der Waals surface area contributed by atoms with Gasteiger partial charge in [0.15, 0.2) is 11.6 Å². The molecule has 3 aromatic carbocycles. The Kier molecular flexibility index (Phi) is 11.9. The Morgan fingerprint density at radius 2 is 1.26 bits per heavy atom. The van der Waals surface area contributed by atoms with E-state index in [1.54, 1.807) is 48.5 Å². The summed E-state index contributed by atoms with van der Waals surface area (Å²) in [6, 6.07) is 13.8. The molecule has 0 saturated heterocycles. The molecular weight excluding hydrogens is 834 g/mol. The minimum Gasteiger partial charge on any atom is -0.497 e. The predicted molar refractivity (Wildman–Crippen MR) is 179 cm³/mol. The van der Waals surface area contributed by atoms with Crippen molar-refractivity contribution in [1.29, 1.82) is 0 Å². The van der Waals surface area contributed by atoms with Gasteiger partial charge in [-0.2, -0.15) is 56.3 Å². The lowest BCUT2D eigenvalue weighted by Gasteiger charge is -2.32. The summed E-state index contributed by atoms with van der Waals surface area (Å²) in [5.41, 5.74) is -16.4. The number of aromatic nitrogens is 1. The molecule has 2 heterocycles. The van der Waals surface area contributed by atoms with E-state index in [-0.39, 0.29) is 19.2 Å². The van der Waals surface area contributed by atoms with Gasteiger partial charge in [0.1, 0.15) is 11.5 Å². The molecule has 1 aromatic heterocycles. The van der Waals surface area contributed by atoms with Crippen molar-refractivity contribution >= 4 is 25.9 Å². The second-order valence-electron chi connectivity index (χ2n) is 12.2. The molecule has 0 radical (unpaired) electrons. The first-order valence-electron chi connectivity index (χ1n) is 15.9. The minimum absolute atomic E-state index is 0.0299. The summed E-state index contributed by atoms with van der Waals surface area (Å²) < 4.78 is 212. The van der Waals surface area contributed by atoms with Crippen molar-refractivity contribution in [2.24, 2.45) is 0 Å². The summed E-state index contributed by atoms with van der Waals surface area (Å²) in [7, 11) is -10.3. The molecule has 4 aromatic rings. The highest BCUT2D eigenvalue weighted by molar-refractivity contribution is 7.88. The predicted octanol–water partition coefficient (Wildman–Crippen LogP) is 8.04. The Bertz CT molecular complexity index is 2290. The van der Waals surface area contributed by atoms with Gasteiger partial charge in [0, 0.05) is 36.7 Å². The summed E-state index contributed by atoms with van der Waals surface area (Å²) >= 11 is 0. The number of hydrogen-bond acceptors (Lipinski definition) is 11. The first kappa shape index (κ1) is 43.1. The molecule has 1 aliphatic heterocycles. The normalized spacial score (nSPS) is 15.1. The third kappa shape index (κ3) is 9.41. The highest BCUT2D eigenvalue weighted by Crippen LogP contribution is 2.47. The fraction of sp³-hybridized carbons (Fsp3) is 0.324. The van der Waals surface area contributed by atoms with Gasteiger partial charge < -0.3 is 27.5 Å². The van der Waals surface area contributed by atoms with Gasteiger partial charge in [-0.25, -0.2) is 9.37 Å². The van der Waals surface area contributed by atoms with Gasteiger partial charge in [-0.1, -0.05) is 24.3 Å². The van der Waals surface area contributed by atoms with Crippen LogP contribution in [0.5, 0.6) is 23.1 Å². The molecule has 0 aliphatic carbocycles. The van der Waals surface area contributed by atoms with E-state index in [1.807, 2.05) is 0 Å². The van der Waals surface area contributed by atoms with Crippen molar-refractivity contribution in [3.63, 3.8) is 0 Å². The zero-order valence-electron chi connectivity index (χ0n) is 29.3.